The molecule has 0 aliphatic rings. The highest BCUT2D eigenvalue weighted by Crippen LogP contribution is 2.20. The van der Waals surface area contributed by atoms with Crippen LogP contribution in [0.25, 0.3) is 0 Å². The van der Waals surface area contributed by atoms with Crippen molar-refractivity contribution < 1.29 is 23.9 Å². The largest absolute Gasteiger partial charge is 0.462 e. The zero-order valence-electron chi connectivity index (χ0n) is 15.3. The lowest BCUT2D eigenvalue weighted by atomic mass is 9.90. The minimum absolute atomic E-state index is 0.0266. The molecule has 0 bridgehead atoms. The minimum Gasteiger partial charge on any atom is -0.462 e. The summed E-state index contributed by atoms with van der Waals surface area (Å²) in [5.74, 6) is -1.22. The van der Waals surface area contributed by atoms with Crippen molar-refractivity contribution in [3.8, 4) is 0 Å². The maximum absolute atomic E-state index is 12.3. The van der Waals surface area contributed by atoms with Crippen molar-refractivity contribution in [2.45, 2.75) is 67.1 Å². The van der Waals surface area contributed by atoms with Gasteiger partial charge in [-0.1, -0.05) is 33.8 Å². The molecule has 23 heavy (non-hydrogen) atoms. The SMILES string of the molecule is CC[C@@H](/C=C/C(=O)C(C)C(OC(C)=O)C(C)C)C(C)OC(C)=O. The van der Waals surface area contributed by atoms with Crippen LogP contribution in [-0.2, 0) is 23.9 Å². The van der Waals surface area contributed by atoms with Crippen LogP contribution >= 0.6 is 0 Å². The molecule has 0 radical (unpaired) electrons. The third-order valence-electron chi connectivity index (χ3n) is 3.83. The van der Waals surface area contributed by atoms with Crippen LogP contribution in [0.2, 0.25) is 0 Å². The summed E-state index contributed by atoms with van der Waals surface area (Å²) in [4.78, 5) is 34.6. The molecule has 0 aliphatic carbocycles. The van der Waals surface area contributed by atoms with E-state index in [1.165, 1.54) is 19.9 Å². The van der Waals surface area contributed by atoms with Gasteiger partial charge in [0.2, 0.25) is 0 Å². The summed E-state index contributed by atoms with van der Waals surface area (Å²) < 4.78 is 10.4. The minimum atomic E-state index is -0.449. The van der Waals surface area contributed by atoms with E-state index in [0.717, 1.165) is 6.42 Å². The van der Waals surface area contributed by atoms with Crippen molar-refractivity contribution in [3.63, 3.8) is 0 Å². The summed E-state index contributed by atoms with van der Waals surface area (Å²) in [6, 6.07) is 0. The predicted molar refractivity (Wildman–Crippen MR) is 88.7 cm³/mol. The van der Waals surface area contributed by atoms with E-state index in [-0.39, 0.29) is 35.7 Å². The number of ether oxygens (including phenoxy) is 2. The van der Waals surface area contributed by atoms with E-state index >= 15 is 0 Å². The van der Waals surface area contributed by atoms with Gasteiger partial charge in [0.05, 0.1) is 5.92 Å². The summed E-state index contributed by atoms with van der Waals surface area (Å²) in [5.41, 5.74) is 0. The van der Waals surface area contributed by atoms with Gasteiger partial charge >= 0.3 is 11.9 Å². The summed E-state index contributed by atoms with van der Waals surface area (Å²) in [6.45, 7) is 12.1. The normalized spacial score (nSPS) is 16.7. The van der Waals surface area contributed by atoms with Gasteiger partial charge in [-0.3, -0.25) is 14.4 Å². The first-order valence-corrected chi connectivity index (χ1v) is 8.16. The smallest absolute Gasteiger partial charge is 0.302 e. The second-order valence-corrected chi connectivity index (χ2v) is 6.25. The van der Waals surface area contributed by atoms with E-state index in [2.05, 4.69) is 0 Å². The molecule has 0 aromatic heterocycles. The molecule has 132 valence electrons. The van der Waals surface area contributed by atoms with Crippen LogP contribution in [0.3, 0.4) is 0 Å². The van der Waals surface area contributed by atoms with Gasteiger partial charge in [0, 0.05) is 19.8 Å². The Morgan fingerprint density at radius 2 is 1.48 bits per heavy atom. The molecular formula is C18H30O5. The fourth-order valence-corrected chi connectivity index (χ4v) is 2.51. The number of carbonyl (C=O) groups is 3. The standard InChI is InChI=1S/C18H30O5/c1-8-16(13(5)22-14(6)19)9-10-17(21)12(4)18(11(2)3)23-15(7)20/h9-13,16,18H,8H2,1-7H3/b10-9+/t12?,13?,16-,18?/m0/s1. The van der Waals surface area contributed by atoms with E-state index in [9.17, 15) is 14.4 Å². The van der Waals surface area contributed by atoms with Gasteiger partial charge in [0.1, 0.15) is 12.2 Å². The number of allylic oxidation sites excluding steroid dienone is 1. The summed E-state index contributed by atoms with van der Waals surface area (Å²) in [6.07, 6.45) is 3.31. The van der Waals surface area contributed by atoms with Gasteiger partial charge in [-0.05, 0) is 25.3 Å². The Bertz CT molecular complexity index is 439. The third kappa shape index (κ3) is 7.95. The maximum atomic E-state index is 12.3. The molecule has 0 rings (SSSR count). The van der Waals surface area contributed by atoms with E-state index in [4.69, 9.17) is 9.47 Å². The van der Waals surface area contributed by atoms with Gasteiger partial charge in [-0.2, -0.15) is 0 Å². The molecule has 0 saturated carbocycles. The van der Waals surface area contributed by atoms with Crippen LogP contribution in [0.15, 0.2) is 12.2 Å². The van der Waals surface area contributed by atoms with E-state index < -0.39 is 12.0 Å². The van der Waals surface area contributed by atoms with Crippen molar-refractivity contribution in [3.05, 3.63) is 12.2 Å². The quantitative estimate of drug-likeness (QED) is 0.480. The Morgan fingerprint density at radius 1 is 0.957 bits per heavy atom. The van der Waals surface area contributed by atoms with Crippen molar-refractivity contribution in [1.29, 1.82) is 0 Å². The van der Waals surface area contributed by atoms with Gasteiger partial charge < -0.3 is 9.47 Å². The third-order valence-corrected chi connectivity index (χ3v) is 3.83. The maximum Gasteiger partial charge on any atom is 0.302 e. The summed E-state index contributed by atoms with van der Waals surface area (Å²) in [7, 11) is 0. The number of carbonyl (C=O) groups excluding carboxylic acids is 3. The number of esters is 2. The van der Waals surface area contributed by atoms with Crippen molar-refractivity contribution in [2.24, 2.45) is 17.8 Å². The van der Waals surface area contributed by atoms with Gasteiger partial charge in [0.25, 0.3) is 0 Å². The molecule has 0 saturated heterocycles. The number of hydrogen-bond acceptors (Lipinski definition) is 5. The Balaban J connectivity index is 4.92. The Kier molecular flexibility index (Phi) is 9.46. The van der Waals surface area contributed by atoms with Crippen LogP contribution < -0.4 is 0 Å². The Hall–Kier alpha value is -1.65. The summed E-state index contributed by atoms with van der Waals surface area (Å²) >= 11 is 0. The second-order valence-electron chi connectivity index (χ2n) is 6.25. The average molecular weight is 326 g/mol. The van der Waals surface area contributed by atoms with Gasteiger partial charge in [-0.15, -0.1) is 0 Å². The van der Waals surface area contributed by atoms with Crippen molar-refractivity contribution >= 4 is 17.7 Å². The lowest BCUT2D eigenvalue weighted by Gasteiger charge is -2.25. The molecule has 0 amide bonds. The molecule has 5 nitrogen and oxygen atoms in total. The lowest BCUT2D eigenvalue weighted by Crippen LogP contribution is -2.33. The average Bonchev–Trinajstić information content (AvgIpc) is 2.43. The van der Waals surface area contributed by atoms with E-state index in [1.54, 1.807) is 13.0 Å². The molecule has 0 aromatic carbocycles. The molecule has 0 fully saturated rings. The topological polar surface area (TPSA) is 69.7 Å². The molecule has 0 aromatic rings. The van der Waals surface area contributed by atoms with Gasteiger partial charge in [0.15, 0.2) is 5.78 Å². The highest BCUT2D eigenvalue weighted by molar-refractivity contribution is 5.92. The van der Waals surface area contributed by atoms with Crippen LogP contribution in [0.4, 0.5) is 0 Å². The molecule has 0 spiro atoms. The fraction of sp³-hybridized carbons (Fsp3) is 0.722. The number of rotatable bonds is 9. The van der Waals surface area contributed by atoms with Crippen LogP contribution in [-0.4, -0.2) is 29.9 Å². The Labute approximate surface area is 139 Å². The van der Waals surface area contributed by atoms with Crippen molar-refractivity contribution in [1.82, 2.24) is 0 Å². The first-order valence-electron chi connectivity index (χ1n) is 8.16. The molecule has 0 aliphatic heterocycles. The highest BCUT2D eigenvalue weighted by Gasteiger charge is 2.28. The summed E-state index contributed by atoms with van der Waals surface area (Å²) in [5, 5.41) is 0. The fourth-order valence-electron chi connectivity index (χ4n) is 2.51. The van der Waals surface area contributed by atoms with Crippen LogP contribution in [0.5, 0.6) is 0 Å². The van der Waals surface area contributed by atoms with E-state index in [1.807, 2.05) is 27.7 Å². The monoisotopic (exact) mass is 326 g/mol. The zero-order chi connectivity index (χ0) is 18.2. The molecule has 5 heteroatoms. The number of hydrogen-bond donors (Lipinski definition) is 0. The number of ketones is 1. The zero-order valence-corrected chi connectivity index (χ0v) is 15.3. The molecule has 4 atom stereocenters. The van der Waals surface area contributed by atoms with Crippen LogP contribution in [0, 0.1) is 17.8 Å². The first-order chi connectivity index (χ1) is 10.6. The highest BCUT2D eigenvalue weighted by atomic mass is 16.5. The van der Waals surface area contributed by atoms with Gasteiger partial charge in [-0.25, -0.2) is 0 Å². The molecule has 0 heterocycles. The molecule has 0 N–H and O–H groups in total. The lowest BCUT2D eigenvalue weighted by molar-refractivity contribution is -0.153. The second kappa shape index (κ2) is 10.2. The molecular weight excluding hydrogens is 296 g/mol. The van der Waals surface area contributed by atoms with Crippen molar-refractivity contribution in [2.75, 3.05) is 0 Å². The first kappa shape index (κ1) is 21.4. The van der Waals surface area contributed by atoms with E-state index in [0.29, 0.717) is 0 Å². The molecule has 3 unspecified atom stereocenters. The van der Waals surface area contributed by atoms with Crippen LogP contribution in [0.1, 0.15) is 54.9 Å². The predicted octanol–water partition coefficient (Wildman–Crippen LogP) is 3.31. The Morgan fingerprint density at radius 3 is 1.87 bits per heavy atom.